The fourth-order valence-electron chi connectivity index (χ4n) is 3.02. The predicted molar refractivity (Wildman–Crippen MR) is 82.5 cm³/mol. The van der Waals surface area contributed by atoms with Crippen LogP contribution in [0.25, 0.3) is 21.9 Å². The molecule has 3 aromatic rings. The van der Waals surface area contributed by atoms with Crippen LogP contribution < -0.4 is 4.74 Å². The van der Waals surface area contributed by atoms with E-state index >= 15 is 0 Å². The zero-order valence-corrected chi connectivity index (χ0v) is 12.0. The Bertz CT molecular complexity index is 774. The van der Waals surface area contributed by atoms with Gasteiger partial charge in [0, 0.05) is 24.7 Å². The molecular weight excluding hydrogens is 264 g/mol. The Morgan fingerprint density at radius 3 is 3.00 bits per heavy atom. The fraction of sp³-hybridized carbons (Fsp3) is 0.375. The van der Waals surface area contributed by atoms with Gasteiger partial charge in [-0.3, -0.25) is 4.98 Å². The number of hydrogen-bond donors (Lipinski definition) is 1. The molecule has 21 heavy (non-hydrogen) atoms. The summed E-state index contributed by atoms with van der Waals surface area (Å²) in [6.45, 7) is 2.17. The topological polar surface area (TPSA) is 54.0 Å². The van der Waals surface area contributed by atoms with Crippen LogP contribution in [0.15, 0.2) is 30.7 Å². The van der Waals surface area contributed by atoms with Crippen LogP contribution in [0.4, 0.5) is 0 Å². The van der Waals surface area contributed by atoms with Gasteiger partial charge in [0.05, 0.1) is 23.3 Å². The molecule has 0 aliphatic carbocycles. The number of nitrogens with one attached hydrogen (secondary N) is 1. The van der Waals surface area contributed by atoms with E-state index in [9.17, 15) is 0 Å². The molecule has 1 aliphatic heterocycles. The lowest BCUT2D eigenvalue weighted by Crippen LogP contribution is -2.35. The van der Waals surface area contributed by atoms with Crippen molar-refractivity contribution >= 4 is 21.9 Å². The lowest BCUT2D eigenvalue weighted by Gasteiger charge is -2.29. The van der Waals surface area contributed by atoms with Crippen LogP contribution in [-0.2, 0) is 0 Å². The summed E-state index contributed by atoms with van der Waals surface area (Å²) in [5, 5.41) is 2.19. The Labute approximate surface area is 123 Å². The van der Waals surface area contributed by atoms with Crippen LogP contribution in [-0.4, -0.2) is 46.1 Å². The van der Waals surface area contributed by atoms with E-state index in [0.29, 0.717) is 0 Å². The van der Waals surface area contributed by atoms with E-state index in [4.69, 9.17) is 4.74 Å². The molecule has 0 spiro atoms. The highest BCUT2D eigenvalue weighted by molar-refractivity contribution is 6.08. The maximum Gasteiger partial charge on any atom is 0.148 e. The number of rotatable bonds is 2. The molecule has 4 rings (SSSR count). The smallest absolute Gasteiger partial charge is 0.148 e. The van der Waals surface area contributed by atoms with Crippen LogP contribution in [0.3, 0.4) is 0 Å². The zero-order chi connectivity index (χ0) is 14.2. The van der Waals surface area contributed by atoms with Gasteiger partial charge in [-0.15, -0.1) is 0 Å². The van der Waals surface area contributed by atoms with Crippen molar-refractivity contribution in [3.63, 3.8) is 0 Å². The Hall–Kier alpha value is -2.14. The van der Waals surface area contributed by atoms with Gasteiger partial charge in [0.15, 0.2) is 0 Å². The summed E-state index contributed by atoms with van der Waals surface area (Å²) in [5.41, 5.74) is 1.86. The molecule has 0 amide bonds. The van der Waals surface area contributed by atoms with E-state index in [1.165, 1.54) is 0 Å². The van der Waals surface area contributed by atoms with Gasteiger partial charge in [-0.1, -0.05) is 0 Å². The molecule has 0 bridgehead atoms. The minimum atomic E-state index is 0.273. The number of nitrogens with zero attached hydrogens (tertiary/aromatic N) is 3. The quantitative estimate of drug-likeness (QED) is 0.785. The lowest BCUT2D eigenvalue weighted by molar-refractivity contribution is 0.115. The molecule has 1 saturated heterocycles. The molecule has 4 heterocycles. The SMILES string of the molecule is CN1CCC(Oc2cncc3[nH]c4ncccc4c23)CC1. The van der Waals surface area contributed by atoms with E-state index < -0.39 is 0 Å². The summed E-state index contributed by atoms with van der Waals surface area (Å²) >= 11 is 0. The van der Waals surface area contributed by atoms with Crippen molar-refractivity contribution in [2.75, 3.05) is 20.1 Å². The number of ether oxygens (including phenoxy) is 1. The number of hydrogen-bond acceptors (Lipinski definition) is 4. The highest BCUT2D eigenvalue weighted by Gasteiger charge is 2.20. The highest BCUT2D eigenvalue weighted by atomic mass is 16.5. The van der Waals surface area contributed by atoms with Gasteiger partial charge < -0.3 is 14.6 Å². The second-order valence-corrected chi connectivity index (χ2v) is 5.71. The Balaban J connectivity index is 1.74. The van der Waals surface area contributed by atoms with Crippen LogP contribution in [0.1, 0.15) is 12.8 Å². The molecule has 5 nitrogen and oxygen atoms in total. The molecule has 0 aromatic carbocycles. The van der Waals surface area contributed by atoms with Gasteiger partial charge in [-0.25, -0.2) is 4.98 Å². The zero-order valence-electron chi connectivity index (χ0n) is 12.0. The van der Waals surface area contributed by atoms with Crippen molar-refractivity contribution in [2.24, 2.45) is 0 Å². The largest absolute Gasteiger partial charge is 0.488 e. The number of aromatic amines is 1. The third kappa shape index (κ3) is 2.23. The van der Waals surface area contributed by atoms with Crippen LogP contribution >= 0.6 is 0 Å². The number of pyridine rings is 2. The molecule has 0 unspecified atom stereocenters. The van der Waals surface area contributed by atoms with E-state index in [1.54, 1.807) is 6.20 Å². The summed E-state index contributed by atoms with van der Waals surface area (Å²) < 4.78 is 6.25. The van der Waals surface area contributed by atoms with Crippen molar-refractivity contribution in [3.8, 4) is 5.75 Å². The minimum Gasteiger partial charge on any atom is -0.488 e. The number of aromatic nitrogens is 3. The standard InChI is InChI=1S/C16H18N4O/c1-20-7-4-11(5-8-20)21-14-10-17-9-13-15(14)12-3-2-6-18-16(12)19-13/h2-3,6,9-11H,4-5,7-8H2,1H3,(H,18,19). The van der Waals surface area contributed by atoms with Gasteiger partial charge in [0.25, 0.3) is 0 Å². The first kappa shape index (κ1) is 12.6. The van der Waals surface area contributed by atoms with E-state index in [0.717, 1.165) is 53.6 Å². The Kier molecular flexibility index (Phi) is 3.00. The van der Waals surface area contributed by atoms with Gasteiger partial charge in [-0.2, -0.15) is 0 Å². The fourth-order valence-corrected chi connectivity index (χ4v) is 3.02. The molecule has 5 heteroatoms. The Morgan fingerprint density at radius 2 is 2.14 bits per heavy atom. The second-order valence-electron chi connectivity index (χ2n) is 5.71. The van der Waals surface area contributed by atoms with Crippen LogP contribution in [0.2, 0.25) is 0 Å². The summed E-state index contributed by atoms with van der Waals surface area (Å²) in [6.07, 6.45) is 7.85. The van der Waals surface area contributed by atoms with Crippen molar-refractivity contribution in [1.29, 1.82) is 0 Å². The monoisotopic (exact) mass is 282 g/mol. The normalized spacial score (nSPS) is 17.6. The summed E-state index contributed by atoms with van der Waals surface area (Å²) in [6, 6.07) is 4.03. The van der Waals surface area contributed by atoms with Gasteiger partial charge >= 0.3 is 0 Å². The van der Waals surface area contributed by atoms with Crippen molar-refractivity contribution < 1.29 is 4.74 Å². The van der Waals surface area contributed by atoms with Gasteiger partial charge in [0.1, 0.15) is 17.5 Å². The lowest BCUT2D eigenvalue weighted by atomic mass is 10.1. The number of H-pyrrole nitrogens is 1. The minimum absolute atomic E-state index is 0.273. The number of piperidine rings is 1. The van der Waals surface area contributed by atoms with Crippen LogP contribution in [0.5, 0.6) is 5.75 Å². The molecule has 3 aromatic heterocycles. The Morgan fingerprint density at radius 1 is 1.29 bits per heavy atom. The third-order valence-electron chi connectivity index (χ3n) is 4.20. The molecule has 1 fully saturated rings. The first-order valence-corrected chi connectivity index (χ1v) is 7.37. The highest BCUT2D eigenvalue weighted by Crippen LogP contribution is 2.32. The first-order valence-electron chi connectivity index (χ1n) is 7.37. The molecule has 0 atom stereocenters. The van der Waals surface area contributed by atoms with Gasteiger partial charge in [0.2, 0.25) is 0 Å². The predicted octanol–water partition coefficient (Wildman–Crippen LogP) is 2.58. The molecule has 108 valence electrons. The van der Waals surface area contributed by atoms with Gasteiger partial charge in [-0.05, 0) is 32.0 Å². The maximum atomic E-state index is 6.25. The molecule has 1 aliphatic rings. The van der Waals surface area contributed by atoms with E-state index in [-0.39, 0.29) is 6.10 Å². The molecule has 0 saturated carbocycles. The van der Waals surface area contributed by atoms with Crippen molar-refractivity contribution in [2.45, 2.75) is 18.9 Å². The maximum absolute atomic E-state index is 6.25. The van der Waals surface area contributed by atoms with Crippen molar-refractivity contribution in [3.05, 3.63) is 30.7 Å². The number of likely N-dealkylation sites (tertiary alicyclic amines) is 1. The van der Waals surface area contributed by atoms with Crippen LogP contribution in [0, 0.1) is 0 Å². The number of fused-ring (bicyclic) bond motifs is 3. The summed E-state index contributed by atoms with van der Waals surface area (Å²) in [4.78, 5) is 14.3. The third-order valence-corrected chi connectivity index (χ3v) is 4.20. The summed E-state index contributed by atoms with van der Waals surface area (Å²) in [5.74, 6) is 0.862. The van der Waals surface area contributed by atoms with E-state index in [2.05, 4.69) is 33.0 Å². The average Bonchev–Trinajstić information content (AvgIpc) is 2.89. The molecule has 1 N–H and O–H groups in total. The molecular formula is C16H18N4O. The van der Waals surface area contributed by atoms with E-state index in [1.807, 2.05) is 18.5 Å². The van der Waals surface area contributed by atoms with Crippen molar-refractivity contribution in [1.82, 2.24) is 19.9 Å². The average molecular weight is 282 g/mol. The first-order chi connectivity index (χ1) is 10.3. The molecule has 0 radical (unpaired) electrons. The summed E-state index contributed by atoms with van der Waals surface area (Å²) in [7, 11) is 2.16. The second kappa shape index (κ2) is 5.00.